The number of carbonyl (C=O) groups is 1. The second-order valence-corrected chi connectivity index (χ2v) is 7.18. The molecule has 4 aromatic heterocycles. The summed E-state index contributed by atoms with van der Waals surface area (Å²) in [5.74, 6) is -1.06. The molecule has 4 rings (SSSR count). The van der Waals surface area contributed by atoms with E-state index in [4.69, 9.17) is 17.3 Å². The van der Waals surface area contributed by atoms with E-state index in [0.29, 0.717) is 11.8 Å². The molecule has 1 amide bonds. The molecule has 0 unspecified atom stereocenters. The number of aromatic nitrogens is 6. The topological polar surface area (TPSA) is 128 Å². The Morgan fingerprint density at radius 2 is 1.97 bits per heavy atom. The number of imidazole rings is 1. The number of aryl methyl sites for hydroxylation is 1. The first-order valence-electron chi connectivity index (χ1n) is 9.54. The normalized spacial score (nSPS) is 12.9. The molecule has 3 N–H and O–H groups in total. The highest BCUT2D eigenvalue weighted by Gasteiger charge is 2.41. The molecule has 0 fully saturated rings. The average Bonchev–Trinajstić information content (AvgIpc) is 3.47. The van der Waals surface area contributed by atoms with Crippen LogP contribution in [0, 0.1) is 6.92 Å². The fourth-order valence-corrected chi connectivity index (χ4v) is 3.25. The predicted molar refractivity (Wildman–Crippen MR) is 118 cm³/mol. The van der Waals surface area contributed by atoms with Crippen LogP contribution in [0.5, 0.6) is 0 Å². The van der Waals surface area contributed by atoms with Crippen molar-refractivity contribution >= 4 is 40.4 Å². The summed E-state index contributed by atoms with van der Waals surface area (Å²) in [6.45, 7) is 1.53. The van der Waals surface area contributed by atoms with Crippen LogP contribution >= 0.6 is 11.6 Å². The van der Waals surface area contributed by atoms with Gasteiger partial charge in [0.2, 0.25) is 0 Å². The first-order chi connectivity index (χ1) is 16.2. The number of nitrogens with two attached hydrogens (primary N) is 1. The number of nitrogens with zero attached hydrogens (tertiary/aromatic N) is 7. The molecule has 0 saturated heterocycles. The summed E-state index contributed by atoms with van der Waals surface area (Å²) >= 11 is 6.21. The van der Waals surface area contributed by atoms with Crippen LogP contribution in [-0.4, -0.2) is 47.2 Å². The van der Waals surface area contributed by atoms with Gasteiger partial charge in [-0.05, 0) is 25.1 Å². The standard InChI is InChI=1S/C20H15ClF3N9O/c1-11-14(9-13(21)18(29-11)33-27-5-6-28-33)30-19(34)12(10-25)17(20(22,23)24)31-16-4-2-3-15-26-7-8-32(15)16/h2-10H,25H2,1H3,(H,30,34). The predicted octanol–water partition coefficient (Wildman–Crippen LogP) is 3.39. The largest absolute Gasteiger partial charge is 0.434 e. The van der Waals surface area contributed by atoms with Crippen molar-refractivity contribution in [3.05, 3.63) is 71.5 Å². The van der Waals surface area contributed by atoms with Gasteiger partial charge in [0.25, 0.3) is 5.91 Å². The van der Waals surface area contributed by atoms with E-state index in [-0.39, 0.29) is 28.0 Å². The van der Waals surface area contributed by atoms with Gasteiger partial charge in [-0.3, -0.25) is 9.20 Å². The molecule has 34 heavy (non-hydrogen) atoms. The molecule has 0 saturated carbocycles. The molecule has 174 valence electrons. The van der Waals surface area contributed by atoms with Gasteiger partial charge >= 0.3 is 6.18 Å². The van der Waals surface area contributed by atoms with E-state index >= 15 is 0 Å². The van der Waals surface area contributed by atoms with Gasteiger partial charge in [0.15, 0.2) is 11.5 Å². The molecular weight excluding hydrogens is 475 g/mol. The van der Waals surface area contributed by atoms with Gasteiger partial charge in [0, 0.05) is 18.6 Å². The van der Waals surface area contributed by atoms with Gasteiger partial charge in [0.1, 0.15) is 11.5 Å². The van der Waals surface area contributed by atoms with Gasteiger partial charge in [0.05, 0.1) is 34.4 Å². The molecule has 14 heteroatoms. The number of alkyl halides is 3. The van der Waals surface area contributed by atoms with E-state index in [2.05, 4.69) is 30.5 Å². The molecule has 0 aliphatic carbocycles. The molecular formula is C20H15ClF3N9O. The lowest BCUT2D eigenvalue weighted by atomic mass is 10.1. The first-order valence-corrected chi connectivity index (χ1v) is 9.92. The Hall–Kier alpha value is -4.26. The van der Waals surface area contributed by atoms with Crippen molar-refractivity contribution in [1.29, 1.82) is 0 Å². The second kappa shape index (κ2) is 8.94. The Labute approximate surface area is 194 Å². The lowest BCUT2D eigenvalue weighted by Crippen LogP contribution is -2.32. The van der Waals surface area contributed by atoms with Crippen molar-refractivity contribution in [3.8, 4) is 5.82 Å². The molecule has 4 aromatic rings. The number of carbonyl (C=O) groups excluding carboxylic acids is 1. The van der Waals surface area contributed by atoms with Gasteiger partial charge < -0.3 is 11.1 Å². The van der Waals surface area contributed by atoms with E-state index in [1.807, 2.05) is 0 Å². The molecule has 0 aromatic carbocycles. The minimum atomic E-state index is -4.99. The van der Waals surface area contributed by atoms with Gasteiger partial charge in [-0.1, -0.05) is 17.7 Å². The fourth-order valence-electron chi connectivity index (χ4n) is 3.03. The monoisotopic (exact) mass is 489 g/mol. The van der Waals surface area contributed by atoms with Crippen LogP contribution in [0.4, 0.5) is 24.7 Å². The zero-order valence-corrected chi connectivity index (χ0v) is 18.1. The lowest BCUT2D eigenvalue weighted by molar-refractivity contribution is -0.113. The van der Waals surface area contributed by atoms with Crippen molar-refractivity contribution < 1.29 is 18.0 Å². The summed E-state index contributed by atoms with van der Waals surface area (Å²) in [7, 11) is 0. The van der Waals surface area contributed by atoms with Crippen molar-refractivity contribution in [1.82, 2.24) is 29.4 Å². The van der Waals surface area contributed by atoms with Crippen molar-refractivity contribution in [2.45, 2.75) is 13.1 Å². The van der Waals surface area contributed by atoms with Crippen molar-refractivity contribution in [2.75, 3.05) is 5.32 Å². The number of fused-ring (bicyclic) bond motifs is 1. The summed E-state index contributed by atoms with van der Waals surface area (Å²) in [5, 5.41) is 10.3. The number of amides is 1. The SMILES string of the molecule is Cc1nc(-n2nccn2)c(Cl)cc1NC(=O)C(=CN)C(=Nc1cccc2nccn12)C(F)(F)F. The first kappa shape index (κ1) is 22.9. The smallest absolute Gasteiger partial charge is 0.404 e. The zero-order chi connectivity index (χ0) is 24.5. The van der Waals surface area contributed by atoms with Crippen LogP contribution < -0.4 is 11.1 Å². The number of hydrogen-bond donors (Lipinski definition) is 2. The maximum atomic E-state index is 13.9. The Balaban J connectivity index is 1.70. The molecule has 0 aliphatic rings. The highest BCUT2D eigenvalue weighted by atomic mass is 35.5. The Morgan fingerprint density at radius 3 is 2.65 bits per heavy atom. The van der Waals surface area contributed by atoms with Gasteiger partial charge in [-0.25, -0.2) is 15.0 Å². The molecule has 10 nitrogen and oxygen atoms in total. The van der Waals surface area contributed by atoms with E-state index < -0.39 is 23.4 Å². The molecule has 0 aliphatic heterocycles. The fraction of sp³-hybridized carbons (Fsp3) is 0.100. The Kier molecular flexibility index (Phi) is 6.03. The number of halogens is 4. The third-order valence-corrected chi connectivity index (χ3v) is 4.85. The summed E-state index contributed by atoms with van der Waals surface area (Å²) in [5.41, 5.74) is 3.78. The third kappa shape index (κ3) is 4.45. The summed E-state index contributed by atoms with van der Waals surface area (Å²) in [6, 6.07) is 5.77. The third-order valence-electron chi connectivity index (χ3n) is 4.57. The second-order valence-electron chi connectivity index (χ2n) is 6.78. The van der Waals surface area contributed by atoms with E-state index in [1.54, 1.807) is 6.07 Å². The lowest BCUT2D eigenvalue weighted by Gasteiger charge is -2.16. The number of nitrogens with one attached hydrogen (secondary N) is 1. The van der Waals surface area contributed by atoms with Crippen LogP contribution in [0.15, 0.2) is 65.8 Å². The molecule has 0 bridgehead atoms. The number of anilines is 1. The number of hydrogen-bond acceptors (Lipinski definition) is 7. The van der Waals surface area contributed by atoms with Crippen LogP contribution in [0.25, 0.3) is 11.5 Å². The zero-order valence-electron chi connectivity index (χ0n) is 17.3. The van der Waals surface area contributed by atoms with Crippen LogP contribution in [-0.2, 0) is 4.79 Å². The highest BCUT2D eigenvalue weighted by molar-refractivity contribution is 6.32. The van der Waals surface area contributed by atoms with E-state index in [1.165, 1.54) is 54.3 Å². The minimum absolute atomic E-state index is 0.0619. The van der Waals surface area contributed by atoms with Gasteiger partial charge in [-0.2, -0.15) is 23.4 Å². The number of aliphatic imine (C=N–C) groups is 1. The summed E-state index contributed by atoms with van der Waals surface area (Å²) in [4.78, 5) is 25.9. The average molecular weight is 490 g/mol. The summed E-state index contributed by atoms with van der Waals surface area (Å²) < 4.78 is 43.2. The van der Waals surface area contributed by atoms with Crippen molar-refractivity contribution in [2.24, 2.45) is 10.7 Å². The van der Waals surface area contributed by atoms with Crippen LogP contribution in [0.2, 0.25) is 5.02 Å². The quantitative estimate of drug-likeness (QED) is 0.326. The van der Waals surface area contributed by atoms with E-state index in [9.17, 15) is 18.0 Å². The van der Waals surface area contributed by atoms with Crippen LogP contribution in [0.3, 0.4) is 0 Å². The molecule has 4 heterocycles. The summed E-state index contributed by atoms with van der Waals surface area (Å²) in [6.07, 6.45) is 1.25. The van der Waals surface area contributed by atoms with Gasteiger partial charge in [-0.15, -0.1) is 4.80 Å². The number of pyridine rings is 2. The molecule has 0 atom stereocenters. The molecule has 0 spiro atoms. The number of rotatable bonds is 5. The maximum Gasteiger partial charge on any atom is 0.434 e. The van der Waals surface area contributed by atoms with Crippen molar-refractivity contribution in [3.63, 3.8) is 0 Å². The Morgan fingerprint density at radius 1 is 1.24 bits per heavy atom. The molecule has 0 radical (unpaired) electrons. The van der Waals surface area contributed by atoms with E-state index in [0.717, 1.165) is 4.80 Å². The maximum absolute atomic E-state index is 13.9. The minimum Gasteiger partial charge on any atom is -0.404 e. The Bertz CT molecular complexity index is 1430. The van der Waals surface area contributed by atoms with Crippen LogP contribution in [0.1, 0.15) is 5.69 Å². The highest BCUT2D eigenvalue weighted by Crippen LogP contribution is 2.28.